The molecule has 1 aliphatic heterocycles. The number of rotatable bonds is 6. The molecule has 0 bridgehead atoms. The quantitative estimate of drug-likeness (QED) is 0.474. The molecular weight excluding hydrogens is 422 g/mol. The molecule has 2 aromatic carbocycles. The van der Waals surface area contributed by atoms with Crippen LogP contribution in [0.1, 0.15) is 28.4 Å². The van der Waals surface area contributed by atoms with E-state index in [4.69, 9.17) is 0 Å². The van der Waals surface area contributed by atoms with Crippen molar-refractivity contribution in [3.05, 3.63) is 86.9 Å². The van der Waals surface area contributed by atoms with Crippen LogP contribution < -0.4 is 10.9 Å². The second-order valence-corrected chi connectivity index (χ2v) is 9.00. The van der Waals surface area contributed by atoms with Crippen LogP contribution >= 0.6 is 11.3 Å². The van der Waals surface area contributed by atoms with Crippen LogP contribution in [0.15, 0.2) is 59.4 Å². The van der Waals surface area contributed by atoms with E-state index in [1.807, 2.05) is 12.1 Å². The number of thiazole rings is 1. The summed E-state index contributed by atoms with van der Waals surface area (Å²) in [5, 5.41) is 4.11. The minimum atomic E-state index is -0.182. The highest BCUT2D eigenvalue weighted by Crippen LogP contribution is 2.29. The Labute approximate surface area is 189 Å². The van der Waals surface area contributed by atoms with Crippen molar-refractivity contribution < 1.29 is 4.79 Å². The van der Waals surface area contributed by atoms with Gasteiger partial charge in [-0.25, -0.2) is 9.97 Å². The van der Waals surface area contributed by atoms with E-state index >= 15 is 0 Å². The summed E-state index contributed by atoms with van der Waals surface area (Å²) in [5.74, 6) is 0.381. The number of hydrogen-bond donors (Lipinski definition) is 2. The van der Waals surface area contributed by atoms with E-state index in [2.05, 4.69) is 49.4 Å². The number of amides is 1. The molecule has 1 amide bonds. The van der Waals surface area contributed by atoms with Crippen LogP contribution in [-0.2, 0) is 30.7 Å². The van der Waals surface area contributed by atoms with Crippen molar-refractivity contribution in [1.29, 1.82) is 0 Å². The maximum absolute atomic E-state index is 12.5. The fourth-order valence-corrected chi connectivity index (χ4v) is 5.01. The molecule has 3 heterocycles. The molecule has 0 aliphatic carbocycles. The van der Waals surface area contributed by atoms with Gasteiger partial charge in [-0.2, -0.15) is 0 Å². The maximum atomic E-state index is 12.5. The number of aromatic amines is 1. The molecule has 0 spiro atoms. The SMILES string of the molecule is O=C(CCc1nc2ccccc2c(=O)[nH]1)Nc1nc2c(s1)CN(Cc1ccccc1)CC2. The van der Waals surface area contributed by atoms with Gasteiger partial charge in [0.25, 0.3) is 5.56 Å². The van der Waals surface area contributed by atoms with Crippen LogP contribution in [0, 0.1) is 0 Å². The predicted octanol–water partition coefficient (Wildman–Crippen LogP) is 3.51. The molecule has 32 heavy (non-hydrogen) atoms. The van der Waals surface area contributed by atoms with E-state index in [1.54, 1.807) is 29.5 Å². The highest BCUT2D eigenvalue weighted by atomic mass is 32.1. The van der Waals surface area contributed by atoms with Gasteiger partial charge in [0.2, 0.25) is 5.91 Å². The number of H-pyrrole nitrogens is 1. The second kappa shape index (κ2) is 9.02. The number of benzene rings is 2. The number of aromatic nitrogens is 3. The van der Waals surface area contributed by atoms with Gasteiger partial charge in [0.05, 0.1) is 16.6 Å². The molecule has 8 heteroatoms. The van der Waals surface area contributed by atoms with Crippen LogP contribution in [0.3, 0.4) is 0 Å². The van der Waals surface area contributed by atoms with Crippen LogP contribution in [0.25, 0.3) is 10.9 Å². The van der Waals surface area contributed by atoms with Crippen LogP contribution in [0.5, 0.6) is 0 Å². The number of nitrogens with one attached hydrogen (secondary N) is 2. The Hall–Kier alpha value is -3.36. The van der Waals surface area contributed by atoms with Crippen molar-refractivity contribution in [3.8, 4) is 0 Å². The van der Waals surface area contributed by atoms with Crippen molar-refractivity contribution in [3.63, 3.8) is 0 Å². The normalized spacial score (nSPS) is 13.8. The molecule has 5 rings (SSSR count). The number of para-hydroxylation sites is 1. The Morgan fingerprint density at radius 2 is 1.91 bits per heavy atom. The second-order valence-electron chi connectivity index (χ2n) is 7.91. The van der Waals surface area contributed by atoms with Gasteiger partial charge in [-0.3, -0.25) is 14.5 Å². The predicted molar refractivity (Wildman–Crippen MR) is 126 cm³/mol. The molecule has 2 aromatic heterocycles. The Morgan fingerprint density at radius 3 is 2.78 bits per heavy atom. The van der Waals surface area contributed by atoms with Crippen LogP contribution in [0.4, 0.5) is 5.13 Å². The summed E-state index contributed by atoms with van der Waals surface area (Å²) in [6, 6.07) is 17.6. The highest BCUT2D eigenvalue weighted by Gasteiger charge is 2.21. The van der Waals surface area contributed by atoms with E-state index in [-0.39, 0.29) is 17.9 Å². The van der Waals surface area contributed by atoms with Gasteiger partial charge >= 0.3 is 0 Å². The first kappa shape index (κ1) is 20.5. The average molecular weight is 446 g/mol. The lowest BCUT2D eigenvalue weighted by Gasteiger charge is -2.25. The van der Waals surface area contributed by atoms with Gasteiger partial charge in [-0.15, -0.1) is 11.3 Å². The summed E-state index contributed by atoms with van der Waals surface area (Å²) in [5.41, 5.74) is 2.84. The molecule has 0 saturated carbocycles. The number of hydrogen-bond acceptors (Lipinski definition) is 6. The number of nitrogens with zero attached hydrogens (tertiary/aromatic N) is 3. The highest BCUT2D eigenvalue weighted by molar-refractivity contribution is 7.15. The number of carbonyl (C=O) groups is 1. The van der Waals surface area contributed by atoms with E-state index in [0.717, 1.165) is 31.7 Å². The average Bonchev–Trinajstić information content (AvgIpc) is 3.20. The smallest absolute Gasteiger partial charge is 0.258 e. The largest absolute Gasteiger partial charge is 0.310 e. The molecule has 4 aromatic rings. The summed E-state index contributed by atoms with van der Waals surface area (Å²) in [4.78, 5) is 40.1. The summed E-state index contributed by atoms with van der Waals surface area (Å²) in [6.07, 6.45) is 1.48. The molecule has 0 radical (unpaired) electrons. The summed E-state index contributed by atoms with van der Waals surface area (Å²) < 4.78 is 0. The van der Waals surface area contributed by atoms with Gasteiger partial charge in [0.15, 0.2) is 5.13 Å². The number of fused-ring (bicyclic) bond motifs is 2. The van der Waals surface area contributed by atoms with E-state index in [9.17, 15) is 9.59 Å². The molecule has 0 atom stereocenters. The first-order valence-electron chi connectivity index (χ1n) is 10.7. The third kappa shape index (κ3) is 4.61. The van der Waals surface area contributed by atoms with Gasteiger partial charge in [-0.1, -0.05) is 42.5 Å². The maximum Gasteiger partial charge on any atom is 0.258 e. The summed E-state index contributed by atoms with van der Waals surface area (Å²) >= 11 is 1.55. The lowest BCUT2D eigenvalue weighted by Crippen LogP contribution is -2.29. The van der Waals surface area contributed by atoms with Crippen molar-refractivity contribution in [2.24, 2.45) is 0 Å². The zero-order chi connectivity index (χ0) is 21.9. The Morgan fingerprint density at radius 1 is 1.09 bits per heavy atom. The summed E-state index contributed by atoms with van der Waals surface area (Å²) in [6.45, 7) is 2.72. The fourth-order valence-electron chi connectivity index (χ4n) is 3.95. The topological polar surface area (TPSA) is 91.0 Å². The minimum absolute atomic E-state index is 0.131. The van der Waals surface area contributed by atoms with E-state index in [0.29, 0.717) is 28.3 Å². The van der Waals surface area contributed by atoms with Gasteiger partial charge in [0.1, 0.15) is 5.82 Å². The van der Waals surface area contributed by atoms with Crippen molar-refractivity contribution in [2.45, 2.75) is 32.4 Å². The van der Waals surface area contributed by atoms with Gasteiger partial charge < -0.3 is 10.3 Å². The monoisotopic (exact) mass is 445 g/mol. The third-order valence-electron chi connectivity index (χ3n) is 5.56. The first-order valence-corrected chi connectivity index (χ1v) is 11.5. The first-order chi connectivity index (χ1) is 15.6. The summed E-state index contributed by atoms with van der Waals surface area (Å²) in [7, 11) is 0. The minimum Gasteiger partial charge on any atom is -0.310 e. The molecule has 1 aliphatic rings. The molecule has 0 unspecified atom stereocenters. The Balaban J connectivity index is 1.19. The molecule has 162 valence electrons. The Kier molecular flexibility index (Phi) is 5.79. The lowest BCUT2D eigenvalue weighted by molar-refractivity contribution is -0.116. The van der Waals surface area contributed by atoms with Gasteiger partial charge in [0, 0.05) is 43.8 Å². The molecular formula is C24H23N5O2S. The third-order valence-corrected chi connectivity index (χ3v) is 6.55. The number of carbonyl (C=O) groups excluding carboxylic acids is 1. The van der Waals surface area contributed by atoms with Crippen LogP contribution in [0.2, 0.25) is 0 Å². The van der Waals surface area contributed by atoms with Crippen molar-refractivity contribution in [1.82, 2.24) is 19.9 Å². The number of aryl methyl sites for hydroxylation is 1. The molecule has 0 saturated heterocycles. The molecule has 2 N–H and O–H groups in total. The Bertz CT molecular complexity index is 1310. The van der Waals surface area contributed by atoms with Gasteiger partial charge in [-0.05, 0) is 17.7 Å². The standard InChI is InChI=1S/C24H23N5O2S/c30-22(11-10-21-25-18-9-5-4-8-17(18)23(31)27-21)28-24-26-19-12-13-29(15-20(19)32-24)14-16-6-2-1-3-7-16/h1-9H,10-15H2,(H,25,27,31)(H,26,28,30). The fraction of sp³-hybridized carbons (Fsp3) is 0.250. The number of anilines is 1. The molecule has 7 nitrogen and oxygen atoms in total. The van der Waals surface area contributed by atoms with E-state index < -0.39 is 0 Å². The zero-order valence-electron chi connectivity index (χ0n) is 17.5. The van der Waals surface area contributed by atoms with Crippen molar-refractivity contribution in [2.75, 3.05) is 11.9 Å². The van der Waals surface area contributed by atoms with Crippen LogP contribution in [-0.4, -0.2) is 32.3 Å². The molecule has 0 fully saturated rings. The zero-order valence-corrected chi connectivity index (χ0v) is 18.3. The van der Waals surface area contributed by atoms with E-state index in [1.165, 1.54) is 10.4 Å². The van der Waals surface area contributed by atoms with Crippen molar-refractivity contribution >= 4 is 33.3 Å². The lowest BCUT2D eigenvalue weighted by atomic mass is 10.1.